The van der Waals surface area contributed by atoms with Crippen LogP contribution >= 0.6 is 0 Å². The summed E-state index contributed by atoms with van der Waals surface area (Å²) >= 11 is 0. The maximum Gasteiger partial charge on any atom is 0.416 e. The largest absolute Gasteiger partial charge is 0.434 e. The SMILES string of the molecule is C/C1=C/CC(NC(=O)c2cccc(C(F)(F)F)c2)C(=O)N2C(COC[C@H]2C(=O)NC2CC(=O)OC2O)C1. The number of nitrogens with zero attached hydrogens (tertiary/aromatic N) is 1. The molecule has 3 heterocycles. The Labute approximate surface area is 209 Å². The summed E-state index contributed by atoms with van der Waals surface area (Å²) < 4.78 is 49.5. The molecular formula is C24H26F3N3O7. The van der Waals surface area contributed by atoms with Crippen LogP contribution in [0.5, 0.6) is 0 Å². The second-order valence-electron chi connectivity index (χ2n) is 9.25. The van der Waals surface area contributed by atoms with Crippen LogP contribution < -0.4 is 10.6 Å². The molecule has 3 aliphatic heterocycles. The van der Waals surface area contributed by atoms with Crippen molar-refractivity contribution in [3.63, 3.8) is 0 Å². The van der Waals surface area contributed by atoms with Crippen molar-refractivity contribution in [2.24, 2.45) is 0 Å². The van der Waals surface area contributed by atoms with Gasteiger partial charge in [0, 0.05) is 5.56 Å². The summed E-state index contributed by atoms with van der Waals surface area (Å²) in [6.07, 6.45) is -4.18. The number of nitrogens with one attached hydrogen (secondary N) is 2. The highest BCUT2D eigenvalue weighted by Gasteiger charge is 2.44. The molecule has 4 unspecified atom stereocenters. The van der Waals surface area contributed by atoms with E-state index in [1.165, 1.54) is 11.0 Å². The summed E-state index contributed by atoms with van der Waals surface area (Å²) in [5.41, 5.74) is -0.393. The fourth-order valence-electron chi connectivity index (χ4n) is 4.62. The Kier molecular flexibility index (Phi) is 7.55. The number of ether oxygens (including phenoxy) is 2. The fraction of sp³-hybridized carbons (Fsp3) is 0.500. The molecule has 0 spiro atoms. The Hall–Kier alpha value is -3.45. The molecule has 3 amide bonds. The van der Waals surface area contributed by atoms with Gasteiger partial charge in [0.2, 0.25) is 18.1 Å². The normalized spacial score (nSPS) is 29.8. The van der Waals surface area contributed by atoms with Gasteiger partial charge in [-0.1, -0.05) is 17.7 Å². The molecule has 0 aliphatic carbocycles. The number of cyclic esters (lactones) is 1. The summed E-state index contributed by atoms with van der Waals surface area (Å²) in [5, 5.41) is 14.9. The van der Waals surface area contributed by atoms with E-state index in [2.05, 4.69) is 15.4 Å². The van der Waals surface area contributed by atoms with E-state index in [9.17, 15) is 37.5 Å². The highest BCUT2D eigenvalue weighted by atomic mass is 19.4. The minimum absolute atomic E-state index is 0.0669. The smallest absolute Gasteiger partial charge is 0.416 e. The first-order valence-corrected chi connectivity index (χ1v) is 11.7. The predicted octanol–water partition coefficient (Wildman–Crippen LogP) is 0.890. The third-order valence-electron chi connectivity index (χ3n) is 6.50. The van der Waals surface area contributed by atoms with Gasteiger partial charge in [-0.3, -0.25) is 19.2 Å². The number of rotatable bonds is 4. The number of esters is 1. The maximum atomic E-state index is 13.6. The number of aliphatic hydroxyl groups is 1. The van der Waals surface area contributed by atoms with Gasteiger partial charge in [0.1, 0.15) is 18.1 Å². The van der Waals surface area contributed by atoms with E-state index in [0.717, 1.165) is 17.7 Å². The number of carbonyl (C=O) groups excluding carboxylic acids is 4. The van der Waals surface area contributed by atoms with E-state index >= 15 is 0 Å². The van der Waals surface area contributed by atoms with E-state index in [4.69, 9.17) is 4.74 Å². The van der Waals surface area contributed by atoms with Gasteiger partial charge in [-0.15, -0.1) is 0 Å². The maximum absolute atomic E-state index is 13.6. The van der Waals surface area contributed by atoms with Gasteiger partial charge in [-0.25, -0.2) is 0 Å². The third-order valence-corrected chi connectivity index (χ3v) is 6.50. The standard InChI is InChI=1S/C24H26F3N3O7/c1-12-5-6-16(28-20(32)13-3-2-4-14(8-13)24(25,26)27)22(34)30-15(7-12)10-36-11-18(30)21(33)29-17-9-19(31)37-23(17)35/h2-5,8,15-18,23,35H,6-7,9-11H2,1H3,(H,28,32)(H,29,33)/b12-5-/t15?,16?,17?,18-,23?/m0/s1. The van der Waals surface area contributed by atoms with Gasteiger partial charge in [0.05, 0.1) is 31.2 Å². The Balaban J connectivity index is 1.56. The van der Waals surface area contributed by atoms with E-state index < -0.39 is 65.9 Å². The first-order chi connectivity index (χ1) is 17.4. The van der Waals surface area contributed by atoms with Crippen LogP contribution in [0.3, 0.4) is 0 Å². The number of aliphatic hydroxyl groups excluding tert-OH is 1. The molecule has 3 N–H and O–H groups in total. The van der Waals surface area contributed by atoms with Crippen molar-refractivity contribution in [2.75, 3.05) is 13.2 Å². The fourth-order valence-corrected chi connectivity index (χ4v) is 4.62. The van der Waals surface area contributed by atoms with E-state index in [1.54, 1.807) is 6.08 Å². The Morgan fingerprint density at radius 2 is 1.89 bits per heavy atom. The number of hydrogen-bond acceptors (Lipinski definition) is 7. The van der Waals surface area contributed by atoms with Crippen LogP contribution in [0, 0.1) is 0 Å². The number of carbonyl (C=O) groups is 4. The second kappa shape index (κ2) is 10.5. The highest BCUT2D eigenvalue weighted by Crippen LogP contribution is 2.30. The molecule has 2 saturated heterocycles. The van der Waals surface area contributed by atoms with Gasteiger partial charge in [0.15, 0.2) is 0 Å². The lowest BCUT2D eigenvalue weighted by Crippen LogP contribution is -2.65. The number of amides is 3. The first kappa shape index (κ1) is 26.6. The van der Waals surface area contributed by atoms with E-state index in [0.29, 0.717) is 12.5 Å². The van der Waals surface area contributed by atoms with Gasteiger partial charge >= 0.3 is 12.1 Å². The Morgan fingerprint density at radius 3 is 2.57 bits per heavy atom. The van der Waals surface area contributed by atoms with Crippen LogP contribution in [0.4, 0.5) is 13.2 Å². The van der Waals surface area contributed by atoms with Gasteiger partial charge in [-0.05, 0) is 38.0 Å². The number of hydrogen-bond donors (Lipinski definition) is 3. The quantitative estimate of drug-likeness (QED) is 0.393. The summed E-state index contributed by atoms with van der Waals surface area (Å²) in [4.78, 5) is 52.3. The van der Waals surface area contributed by atoms with Crippen molar-refractivity contribution < 1.29 is 46.9 Å². The van der Waals surface area contributed by atoms with Crippen LogP contribution in [0.2, 0.25) is 0 Å². The van der Waals surface area contributed by atoms with Crippen LogP contribution in [0.15, 0.2) is 35.9 Å². The van der Waals surface area contributed by atoms with Crippen LogP contribution in [0.1, 0.15) is 42.1 Å². The lowest BCUT2D eigenvalue weighted by molar-refractivity contribution is -0.159. The molecule has 4 rings (SSSR count). The summed E-state index contributed by atoms with van der Waals surface area (Å²) in [6, 6.07) is 0.0215. The molecule has 200 valence electrons. The lowest BCUT2D eigenvalue weighted by Gasteiger charge is -2.44. The van der Waals surface area contributed by atoms with Crippen molar-refractivity contribution in [1.82, 2.24) is 15.5 Å². The van der Waals surface area contributed by atoms with Gasteiger partial charge in [-0.2, -0.15) is 13.2 Å². The zero-order valence-corrected chi connectivity index (χ0v) is 19.8. The monoisotopic (exact) mass is 525 g/mol. The molecular weight excluding hydrogens is 499 g/mol. The van der Waals surface area contributed by atoms with E-state index in [1.807, 2.05) is 6.92 Å². The molecule has 13 heteroatoms. The van der Waals surface area contributed by atoms with Crippen LogP contribution in [-0.2, 0) is 30.0 Å². The first-order valence-electron chi connectivity index (χ1n) is 11.7. The average molecular weight is 525 g/mol. The molecule has 37 heavy (non-hydrogen) atoms. The zero-order valence-electron chi connectivity index (χ0n) is 19.8. The Bertz CT molecular complexity index is 1120. The van der Waals surface area contributed by atoms with Crippen molar-refractivity contribution >= 4 is 23.7 Å². The third kappa shape index (κ3) is 5.93. The average Bonchev–Trinajstić information content (AvgIpc) is 3.15. The molecule has 0 aromatic heterocycles. The minimum Gasteiger partial charge on any atom is -0.434 e. The zero-order chi connectivity index (χ0) is 26.9. The molecule has 0 radical (unpaired) electrons. The lowest BCUT2D eigenvalue weighted by atomic mass is 9.95. The number of alkyl halides is 3. The summed E-state index contributed by atoms with van der Waals surface area (Å²) in [5.74, 6) is -2.83. The number of benzene rings is 1. The molecule has 2 fully saturated rings. The van der Waals surface area contributed by atoms with Crippen molar-refractivity contribution in [3.8, 4) is 0 Å². The van der Waals surface area contributed by atoms with Gasteiger partial charge in [0.25, 0.3) is 5.91 Å². The summed E-state index contributed by atoms with van der Waals surface area (Å²) in [7, 11) is 0. The molecule has 10 nitrogen and oxygen atoms in total. The van der Waals surface area contributed by atoms with Crippen molar-refractivity contribution in [1.29, 1.82) is 0 Å². The molecule has 0 saturated carbocycles. The highest BCUT2D eigenvalue weighted by molar-refractivity contribution is 5.99. The Morgan fingerprint density at radius 1 is 1.14 bits per heavy atom. The molecule has 0 bridgehead atoms. The van der Waals surface area contributed by atoms with E-state index in [-0.39, 0.29) is 31.6 Å². The molecule has 1 aromatic carbocycles. The molecule has 5 atom stereocenters. The number of halogens is 3. The summed E-state index contributed by atoms with van der Waals surface area (Å²) in [6.45, 7) is 1.78. The second-order valence-corrected chi connectivity index (χ2v) is 9.25. The van der Waals surface area contributed by atoms with Crippen molar-refractivity contribution in [3.05, 3.63) is 47.0 Å². The van der Waals surface area contributed by atoms with Crippen LogP contribution in [-0.4, -0.2) is 77.4 Å². The molecule has 1 aromatic rings. The van der Waals surface area contributed by atoms with Gasteiger partial charge < -0.3 is 30.1 Å². The topological polar surface area (TPSA) is 134 Å². The van der Waals surface area contributed by atoms with Crippen LogP contribution in [0.25, 0.3) is 0 Å². The predicted molar refractivity (Wildman–Crippen MR) is 120 cm³/mol. The number of fused-ring (bicyclic) bond motifs is 1. The minimum atomic E-state index is -4.64. The number of morpholine rings is 1. The molecule has 3 aliphatic rings. The van der Waals surface area contributed by atoms with Crippen molar-refractivity contribution in [2.45, 2.75) is 62.8 Å².